The van der Waals surface area contributed by atoms with Crippen molar-refractivity contribution in [2.45, 2.75) is 84.8 Å². The van der Waals surface area contributed by atoms with Crippen molar-refractivity contribution >= 4 is 83.0 Å². The lowest BCUT2D eigenvalue weighted by Gasteiger charge is -2.24. The largest absolute Gasteiger partial charge is 0.467 e. The van der Waals surface area contributed by atoms with Gasteiger partial charge in [-0.05, 0) is 66.5 Å². The molecular formula is C47H55ClN8O11S. The molecule has 21 heteroatoms. The molecule has 1 aliphatic rings. The van der Waals surface area contributed by atoms with E-state index < -0.39 is 47.3 Å². The summed E-state index contributed by atoms with van der Waals surface area (Å²) in [5, 5.41) is 1.20. The number of amides is 1. The molecule has 0 saturated carbocycles. The molecule has 6 aromatic rings. The summed E-state index contributed by atoms with van der Waals surface area (Å²) >= 11 is 6.41. The molecule has 2 aromatic carbocycles. The third kappa shape index (κ3) is 12.9. The Morgan fingerprint density at radius 1 is 0.676 bits per heavy atom. The minimum atomic E-state index is -0.776. The van der Waals surface area contributed by atoms with Crippen LogP contribution in [-0.2, 0) is 56.0 Å². The van der Waals surface area contributed by atoms with Crippen LogP contribution in [0.5, 0.6) is 0 Å². The molecule has 1 saturated heterocycles. The van der Waals surface area contributed by atoms with Crippen LogP contribution in [0.4, 0.5) is 15.4 Å². The van der Waals surface area contributed by atoms with E-state index in [9.17, 15) is 24.0 Å². The highest BCUT2D eigenvalue weighted by Gasteiger charge is 2.34. The molecule has 5 heterocycles. The van der Waals surface area contributed by atoms with Crippen molar-refractivity contribution < 1.29 is 52.4 Å². The molecular weight excluding hydrogens is 920 g/mol. The summed E-state index contributed by atoms with van der Waals surface area (Å²) in [5.74, 6) is -0.283. The summed E-state index contributed by atoms with van der Waals surface area (Å²) in [6, 6.07) is 21.5. The summed E-state index contributed by atoms with van der Waals surface area (Å²) in [6.45, 7) is 10.5. The van der Waals surface area contributed by atoms with E-state index in [4.69, 9.17) is 46.3 Å². The van der Waals surface area contributed by atoms with Gasteiger partial charge in [-0.25, -0.2) is 48.2 Å². The highest BCUT2D eigenvalue weighted by Crippen LogP contribution is 2.35. The Morgan fingerprint density at radius 3 is 1.56 bits per heavy atom. The normalized spacial score (nSPS) is 13.6. The van der Waals surface area contributed by atoms with Gasteiger partial charge in [-0.2, -0.15) is 13.5 Å². The standard InChI is InChI=1S/C26H31N5O6.C21H22ClN3O5.H2S/c1-26(2,3)37-25(34)31-17(14-36-15-20(32)35-4)13-18-23(30-12-8-11-19(30)21(27)33)28-22(29-24(18)31)16-9-6-5-7-10-16;1-21(2,3)30-20(27)25-14(11-29-12-16(26)28-4)10-15-17(22)23-18(24-19(15)25)13-8-6-5-7-9-13;/h5-7,9-10,13,19H,8,11-12,14-15H2,1-4H3,(H2,27,33);5-10H,11-12H2,1-4H3;1H2/t19-;;/m0../s1. The smallest absolute Gasteiger partial charge is 0.420 e. The topological polar surface area (TPSA) is 231 Å². The number of carbonyl (C=O) groups is 5. The van der Waals surface area contributed by atoms with Gasteiger partial charge in [-0.3, -0.25) is 4.79 Å². The fraction of sp³-hybridized carbons (Fsp3) is 0.383. The zero-order valence-corrected chi connectivity index (χ0v) is 40.8. The third-order valence-corrected chi connectivity index (χ3v) is 10.2. The molecule has 68 heavy (non-hydrogen) atoms. The number of methoxy groups -OCH3 is 2. The van der Waals surface area contributed by atoms with E-state index in [1.165, 1.54) is 23.4 Å². The lowest BCUT2D eigenvalue weighted by molar-refractivity contribution is -0.147. The predicted octanol–water partition coefficient (Wildman–Crippen LogP) is 7.36. The number of nitrogens with zero attached hydrogens (tertiary/aromatic N) is 7. The number of hydrogen-bond acceptors (Lipinski definition) is 16. The van der Waals surface area contributed by atoms with Gasteiger partial charge >= 0.3 is 24.1 Å². The summed E-state index contributed by atoms with van der Waals surface area (Å²) in [7, 11) is 2.53. The van der Waals surface area contributed by atoms with E-state index in [0.29, 0.717) is 63.9 Å². The van der Waals surface area contributed by atoms with Crippen molar-refractivity contribution in [1.29, 1.82) is 0 Å². The van der Waals surface area contributed by atoms with E-state index in [-0.39, 0.29) is 45.1 Å². The number of anilines is 1. The molecule has 7 rings (SSSR count). The van der Waals surface area contributed by atoms with Crippen molar-refractivity contribution in [3.63, 3.8) is 0 Å². The summed E-state index contributed by atoms with van der Waals surface area (Å²) in [4.78, 5) is 81.9. The van der Waals surface area contributed by atoms with Crippen LogP contribution in [0.3, 0.4) is 0 Å². The van der Waals surface area contributed by atoms with Gasteiger partial charge in [0, 0.05) is 17.7 Å². The van der Waals surface area contributed by atoms with Gasteiger partial charge < -0.3 is 39.1 Å². The van der Waals surface area contributed by atoms with E-state index >= 15 is 0 Å². The predicted molar refractivity (Wildman–Crippen MR) is 257 cm³/mol. The minimum Gasteiger partial charge on any atom is -0.467 e. The van der Waals surface area contributed by atoms with Gasteiger partial charge in [-0.15, -0.1) is 0 Å². The highest BCUT2D eigenvalue weighted by molar-refractivity contribution is 7.59. The number of aromatic nitrogens is 6. The van der Waals surface area contributed by atoms with E-state index in [1.54, 1.807) is 53.7 Å². The first-order chi connectivity index (χ1) is 31.8. The number of rotatable bonds is 12. The Bertz CT molecular complexity index is 2770. The second-order valence-electron chi connectivity index (χ2n) is 17.2. The van der Waals surface area contributed by atoms with Gasteiger partial charge in [0.25, 0.3) is 0 Å². The minimum absolute atomic E-state index is 0. The van der Waals surface area contributed by atoms with Gasteiger partial charge in [0.1, 0.15) is 41.4 Å². The SMILES string of the molecule is COC(=O)COCc1cc2c(Cl)nc(-c3ccccc3)nc2n1C(=O)OC(C)(C)C.COC(=O)COCc1cc2c(N3CCC[C@H]3C(N)=O)nc(-c3ccccc3)nc2n1C(=O)OC(C)(C)C.S. The number of nitrogens with two attached hydrogens (primary N) is 1. The maximum absolute atomic E-state index is 13.4. The molecule has 1 fully saturated rings. The molecule has 1 amide bonds. The molecule has 2 N–H and O–H groups in total. The van der Waals surface area contributed by atoms with Crippen LogP contribution >= 0.6 is 25.1 Å². The second-order valence-corrected chi connectivity index (χ2v) is 17.6. The van der Waals surface area contributed by atoms with Crippen LogP contribution in [0.25, 0.3) is 44.8 Å². The molecule has 362 valence electrons. The lowest BCUT2D eigenvalue weighted by Crippen LogP contribution is -2.40. The van der Waals surface area contributed by atoms with Gasteiger partial charge in [0.05, 0.1) is 49.6 Å². The molecule has 4 aromatic heterocycles. The monoisotopic (exact) mass is 974 g/mol. The number of halogens is 1. The summed E-state index contributed by atoms with van der Waals surface area (Å²) in [6.07, 6.45) is 0.0732. The fourth-order valence-electron chi connectivity index (χ4n) is 7.00. The first-order valence-electron chi connectivity index (χ1n) is 21.2. The zero-order chi connectivity index (χ0) is 48.6. The van der Waals surface area contributed by atoms with Crippen molar-refractivity contribution in [1.82, 2.24) is 29.1 Å². The number of ether oxygens (including phenoxy) is 6. The maximum atomic E-state index is 13.4. The van der Waals surface area contributed by atoms with E-state index in [2.05, 4.69) is 19.4 Å². The van der Waals surface area contributed by atoms with Gasteiger partial charge in [-0.1, -0.05) is 72.3 Å². The quantitative estimate of drug-likeness (QED) is 0.0717. The van der Waals surface area contributed by atoms with Crippen molar-refractivity contribution in [2.75, 3.05) is 38.9 Å². The summed E-state index contributed by atoms with van der Waals surface area (Å²) < 4.78 is 33.9. The zero-order valence-electron chi connectivity index (χ0n) is 39.0. The number of hydrogen-bond donors (Lipinski definition) is 1. The maximum Gasteiger partial charge on any atom is 0.420 e. The average molecular weight is 976 g/mol. The van der Waals surface area contributed by atoms with Crippen LogP contribution < -0.4 is 10.6 Å². The second kappa shape index (κ2) is 22.5. The number of fused-ring (bicyclic) bond motifs is 2. The first kappa shape index (κ1) is 52.4. The number of carbonyl (C=O) groups excluding carboxylic acids is 5. The third-order valence-electron chi connectivity index (χ3n) is 9.87. The molecule has 1 atom stereocenters. The van der Waals surface area contributed by atoms with Crippen molar-refractivity contribution in [2.24, 2.45) is 5.73 Å². The number of primary amides is 1. The molecule has 19 nitrogen and oxygen atoms in total. The van der Waals surface area contributed by atoms with Crippen molar-refractivity contribution in [3.8, 4) is 22.8 Å². The van der Waals surface area contributed by atoms with Crippen LogP contribution in [0.1, 0.15) is 65.8 Å². The highest BCUT2D eigenvalue weighted by atomic mass is 35.5. The molecule has 1 aliphatic heterocycles. The molecule has 0 bridgehead atoms. The van der Waals surface area contributed by atoms with Crippen LogP contribution in [-0.4, -0.2) is 110 Å². The van der Waals surface area contributed by atoms with Crippen LogP contribution in [0, 0.1) is 0 Å². The van der Waals surface area contributed by atoms with E-state index in [1.807, 2.05) is 65.6 Å². The van der Waals surface area contributed by atoms with Gasteiger partial charge in [0.15, 0.2) is 22.9 Å². The van der Waals surface area contributed by atoms with Gasteiger partial charge in [0.2, 0.25) is 5.91 Å². The number of esters is 2. The lowest BCUT2D eigenvalue weighted by atomic mass is 10.2. The number of benzene rings is 2. The molecule has 0 spiro atoms. The first-order valence-corrected chi connectivity index (χ1v) is 21.6. The summed E-state index contributed by atoms with van der Waals surface area (Å²) in [5.41, 5.74) is 7.11. The van der Waals surface area contributed by atoms with Crippen LogP contribution in [0.15, 0.2) is 72.8 Å². The Kier molecular flexibility index (Phi) is 17.3. The Hall–Kier alpha value is -6.61. The molecule has 0 radical (unpaired) electrons. The fourth-order valence-corrected chi connectivity index (χ4v) is 7.22. The Morgan fingerprint density at radius 2 is 1.12 bits per heavy atom. The average Bonchev–Trinajstić information content (AvgIpc) is 4.02. The Labute approximate surface area is 404 Å². The van der Waals surface area contributed by atoms with Crippen LogP contribution in [0.2, 0.25) is 5.15 Å². The Balaban J connectivity index is 0.000000256. The molecule has 0 aliphatic carbocycles. The van der Waals surface area contributed by atoms with Crippen molar-refractivity contribution in [3.05, 3.63) is 89.3 Å². The molecule has 0 unspecified atom stereocenters. The van der Waals surface area contributed by atoms with E-state index in [0.717, 1.165) is 17.5 Å².